The van der Waals surface area contributed by atoms with Crippen molar-refractivity contribution in [2.24, 2.45) is 0 Å². The van der Waals surface area contributed by atoms with Gasteiger partial charge >= 0.3 is 0 Å². The Morgan fingerprint density at radius 1 is 0.767 bits per heavy atom. The summed E-state index contributed by atoms with van der Waals surface area (Å²) in [6.45, 7) is 5.22. The van der Waals surface area contributed by atoms with Crippen LogP contribution in [0.25, 0.3) is 11.4 Å². The van der Waals surface area contributed by atoms with E-state index in [2.05, 4.69) is 48.1 Å². The zero-order chi connectivity index (χ0) is 21.3. The molecular weight excluding hydrogens is 368 g/mol. The fourth-order valence-electron chi connectivity index (χ4n) is 3.46. The predicted molar refractivity (Wildman–Crippen MR) is 128 cm³/mol. The van der Waals surface area contributed by atoms with Crippen LogP contribution in [0.1, 0.15) is 90.0 Å². The first-order valence-corrected chi connectivity index (χ1v) is 12.0. The molecule has 1 heterocycles. The van der Waals surface area contributed by atoms with Gasteiger partial charge in [-0.15, -0.1) is 0 Å². The Balaban J connectivity index is 1.65. The number of ether oxygens (including phenoxy) is 1. The van der Waals surface area contributed by atoms with Gasteiger partial charge in [-0.2, -0.15) is 0 Å². The second kappa shape index (κ2) is 15.6. The van der Waals surface area contributed by atoms with Crippen molar-refractivity contribution < 1.29 is 4.74 Å². The Morgan fingerprint density at radius 2 is 1.47 bits per heavy atom. The van der Waals surface area contributed by atoms with Crippen LogP contribution in [0.5, 0.6) is 5.75 Å². The fraction of sp³-hybridized carbons (Fsp3) is 0.556. The highest BCUT2D eigenvalue weighted by Crippen LogP contribution is 2.20. The van der Waals surface area contributed by atoms with E-state index >= 15 is 0 Å². The van der Waals surface area contributed by atoms with Crippen LogP contribution in [0.2, 0.25) is 0 Å². The van der Waals surface area contributed by atoms with Crippen molar-refractivity contribution >= 4 is 0 Å². The minimum absolute atomic E-state index is 0.785. The van der Waals surface area contributed by atoms with Gasteiger partial charge in [-0.3, -0.25) is 0 Å². The van der Waals surface area contributed by atoms with Crippen molar-refractivity contribution in [3.63, 3.8) is 0 Å². The van der Waals surface area contributed by atoms with E-state index in [1.165, 1.54) is 63.4 Å². The van der Waals surface area contributed by atoms with Gasteiger partial charge in [0, 0.05) is 18.0 Å². The van der Waals surface area contributed by atoms with E-state index < -0.39 is 0 Å². The number of rotatable bonds is 16. The molecule has 0 aliphatic carbocycles. The molecule has 2 rings (SSSR count). The number of aromatic nitrogens is 2. The quantitative estimate of drug-likeness (QED) is 0.209. The third kappa shape index (κ3) is 10.0. The summed E-state index contributed by atoms with van der Waals surface area (Å²) in [4.78, 5) is 9.12. The molecule has 0 radical (unpaired) electrons. The van der Waals surface area contributed by atoms with Crippen molar-refractivity contribution in [2.45, 2.75) is 90.9 Å². The Kier molecular flexibility index (Phi) is 12.6. The van der Waals surface area contributed by atoms with Gasteiger partial charge in [0.25, 0.3) is 0 Å². The molecule has 1 aromatic carbocycles. The maximum Gasteiger partial charge on any atom is 0.159 e. The summed E-state index contributed by atoms with van der Waals surface area (Å²) >= 11 is 0. The van der Waals surface area contributed by atoms with Gasteiger partial charge in [-0.05, 0) is 68.4 Å². The molecule has 2 aromatic rings. The summed E-state index contributed by atoms with van der Waals surface area (Å²) in [5, 5.41) is 0. The van der Waals surface area contributed by atoms with Crippen LogP contribution in [0.3, 0.4) is 0 Å². The summed E-state index contributed by atoms with van der Waals surface area (Å²) in [6, 6.07) is 8.15. The molecule has 0 amide bonds. The van der Waals surface area contributed by atoms with E-state index in [1.54, 1.807) is 0 Å². The maximum absolute atomic E-state index is 5.88. The van der Waals surface area contributed by atoms with Gasteiger partial charge in [0.15, 0.2) is 5.82 Å². The molecule has 0 aliphatic heterocycles. The third-order valence-electron chi connectivity index (χ3n) is 5.32. The predicted octanol–water partition coefficient (Wildman–Crippen LogP) is 7.95. The molecule has 0 saturated heterocycles. The van der Waals surface area contributed by atoms with Crippen LogP contribution in [-0.2, 0) is 6.42 Å². The number of unbranched alkanes of at least 4 members (excludes halogenated alkanes) is 8. The minimum atomic E-state index is 0.785. The van der Waals surface area contributed by atoms with Gasteiger partial charge in [0.2, 0.25) is 0 Å². The van der Waals surface area contributed by atoms with Crippen molar-refractivity contribution in [2.75, 3.05) is 6.61 Å². The standard InChI is InChI=1S/C27H40N2O/c1-3-5-7-9-10-11-13-15-21-30-26-19-17-25(18-20-26)27-28-22-24(23-29-27)16-14-12-8-6-4-2/h5,7,17-20,22-23H,3-4,6,8-16,21H2,1-2H3. The Labute approximate surface area is 184 Å². The van der Waals surface area contributed by atoms with Crippen LogP contribution in [-0.4, -0.2) is 16.6 Å². The number of hydrogen-bond acceptors (Lipinski definition) is 3. The van der Waals surface area contributed by atoms with E-state index in [4.69, 9.17) is 4.74 Å². The van der Waals surface area contributed by atoms with Crippen molar-refractivity contribution in [1.29, 1.82) is 0 Å². The molecule has 3 heteroatoms. The minimum Gasteiger partial charge on any atom is -0.494 e. The molecule has 30 heavy (non-hydrogen) atoms. The highest BCUT2D eigenvalue weighted by Gasteiger charge is 2.03. The third-order valence-corrected chi connectivity index (χ3v) is 5.32. The zero-order valence-corrected chi connectivity index (χ0v) is 19.1. The van der Waals surface area contributed by atoms with Gasteiger partial charge in [-0.25, -0.2) is 9.97 Å². The van der Waals surface area contributed by atoms with Gasteiger partial charge < -0.3 is 4.74 Å². The molecule has 0 aliphatic rings. The molecule has 1 aromatic heterocycles. The van der Waals surface area contributed by atoms with Crippen molar-refractivity contribution in [3.8, 4) is 17.1 Å². The molecular formula is C27H40N2O. The topological polar surface area (TPSA) is 35.0 Å². The second-order valence-electron chi connectivity index (χ2n) is 8.03. The van der Waals surface area contributed by atoms with E-state index in [1.807, 2.05) is 24.5 Å². The lowest BCUT2D eigenvalue weighted by atomic mass is 10.1. The smallest absolute Gasteiger partial charge is 0.159 e. The SMILES string of the molecule is CCC=CCCCCCCOc1ccc(-c2ncc(CCCCCCC)cn2)cc1. The van der Waals surface area contributed by atoms with E-state index in [9.17, 15) is 0 Å². The largest absolute Gasteiger partial charge is 0.494 e. The molecule has 0 bridgehead atoms. The second-order valence-corrected chi connectivity index (χ2v) is 8.03. The first-order valence-electron chi connectivity index (χ1n) is 12.0. The highest BCUT2D eigenvalue weighted by molar-refractivity contribution is 5.55. The Bertz CT molecular complexity index is 692. The van der Waals surface area contributed by atoms with Gasteiger partial charge in [0.1, 0.15) is 5.75 Å². The number of benzene rings is 1. The Hall–Kier alpha value is -2.16. The van der Waals surface area contributed by atoms with E-state index in [0.717, 1.165) is 43.0 Å². The first kappa shape index (κ1) is 24.1. The zero-order valence-electron chi connectivity index (χ0n) is 19.1. The fourth-order valence-corrected chi connectivity index (χ4v) is 3.46. The van der Waals surface area contributed by atoms with Crippen LogP contribution in [0, 0.1) is 0 Å². The number of allylic oxidation sites excluding steroid dienone is 2. The molecule has 0 saturated carbocycles. The molecule has 0 atom stereocenters. The number of aryl methyl sites for hydroxylation is 1. The Morgan fingerprint density at radius 3 is 2.20 bits per heavy atom. The average Bonchev–Trinajstić information content (AvgIpc) is 2.79. The van der Waals surface area contributed by atoms with Gasteiger partial charge in [0.05, 0.1) is 6.61 Å². The summed E-state index contributed by atoms with van der Waals surface area (Å²) in [7, 11) is 0. The molecule has 0 spiro atoms. The summed E-state index contributed by atoms with van der Waals surface area (Å²) in [5.41, 5.74) is 2.27. The molecule has 0 unspecified atom stereocenters. The average molecular weight is 409 g/mol. The van der Waals surface area contributed by atoms with E-state index in [0.29, 0.717) is 0 Å². The lowest BCUT2D eigenvalue weighted by Crippen LogP contribution is -1.97. The van der Waals surface area contributed by atoms with Crippen LogP contribution >= 0.6 is 0 Å². The summed E-state index contributed by atoms with van der Waals surface area (Å²) in [6.07, 6.45) is 23.3. The van der Waals surface area contributed by atoms with Crippen LogP contribution in [0.4, 0.5) is 0 Å². The maximum atomic E-state index is 5.88. The highest BCUT2D eigenvalue weighted by atomic mass is 16.5. The molecule has 164 valence electrons. The van der Waals surface area contributed by atoms with Crippen LogP contribution in [0.15, 0.2) is 48.8 Å². The van der Waals surface area contributed by atoms with Crippen molar-refractivity contribution in [3.05, 3.63) is 54.4 Å². The summed E-state index contributed by atoms with van der Waals surface area (Å²) < 4.78 is 5.88. The monoisotopic (exact) mass is 408 g/mol. The lowest BCUT2D eigenvalue weighted by Gasteiger charge is -2.07. The van der Waals surface area contributed by atoms with E-state index in [-0.39, 0.29) is 0 Å². The van der Waals surface area contributed by atoms with Crippen molar-refractivity contribution in [1.82, 2.24) is 9.97 Å². The molecule has 0 N–H and O–H groups in total. The van der Waals surface area contributed by atoms with Gasteiger partial charge in [-0.1, -0.05) is 64.5 Å². The first-order chi connectivity index (χ1) is 14.8. The molecule has 0 fully saturated rings. The summed E-state index contributed by atoms with van der Waals surface area (Å²) in [5.74, 6) is 1.71. The normalized spacial score (nSPS) is 11.3. The van der Waals surface area contributed by atoms with Crippen LogP contribution < -0.4 is 4.74 Å². The molecule has 3 nitrogen and oxygen atoms in total. The lowest BCUT2D eigenvalue weighted by molar-refractivity contribution is 0.305. The number of nitrogens with zero attached hydrogens (tertiary/aromatic N) is 2. The number of hydrogen-bond donors (Lipinski definition) is 0.